The van der Waals surface area contributed by atoms with Gasteiger partial charge in [-0.3, -0.25) is 9.52 Å². The van der Waals surface area contributed by atoms with E-state index in [1.807, 2.05) is 0 Å². The van der Waals surface area contributed by atoms with Crippen molar-refractivity contribution in [2.24, 2.45) is 5.92 Å². The van der Waals surface area contributed by atoms with Crippen LogP contribution in [0, 0.1) is 5.92 Å². The second kappa shape index (κ2) is 11.8. The molecule has 2 N–H and O–H groups in total. The van der Waals surface area contributed by atoms with Crippen molar-refractivity contribution in [1.29, 1.82) is 0 Å². The van der Waals surface area contributed by atoms with Gasteiger partial charge in [0.1, 0.15) is 0 Å². The first-order valence-electron chi connectivity index (χ1n) is 11.5. The molecule has 1 aliphatic heterocycles. The number of sulfonamides is 2. The number of nitrogens with one attached hydrogen (secondary N) is 2. The first-order chi connectivity index (χ1) is 17.9. The van der Waals surface area contributed by atoms with Crippen molar-refractivity contribution in [2.45, 2.75) is 23.5 Å². The van der Waals surface area contributed by atoms with E-state index in [0.29, 0.717) is 35.7 Å². The van der Waals surface area contributed by atoms with Crippen LogP contribution < -0.4 is 10.0 Å². The van der Waals surface area contributed by atoms with Crippen molar-refractivity contribution in [1.82, 2.24) is 4.31 Å². The summed E-state index contributed by atoms with van der Waals surface area (Å²) in [6, 6.07) is 16.8. The predicted molar refractivity (Wildman–Crippen MR) is 151 cm³/mol. The number of rotatable bonds is 8. The highest BCUT2D eigenvalue weighted by atomic mass is 35.5. The summed E-state index contributed by atoms with van der Waals surface area (Å²) in [5.41, 5.74) is 1.07. The van der Waals surface area contributed by atoms with Crippen LogP contribution in [0.15, 0.2) is 71.6 Å². The van der Waals surface area contributed by atoms with Crippen molar-refractivity contribution < 1.29 is 21.6 Å². The number of nitrogens with zero attached hydrogens (tertiary/aromatic N) is 1. The van der Waals surface area contributed by atoms with E-state index in [2.05, 4.69) is 10.0 Å². The van der Waals surface area contributed by atoms with E-state index in [-0.39, 0.29) is 38.8 Å². The Hall–Kier alpha value is -2.34. The minimum absolute atomic E-state index is 0.00814. The first-order valence-corrected chi connectivity index (χ1v) is 15.8. The predicted octanol–water partition coefficient (Wildman–Crippen LogP) is 5.63. The summed E-state index contributed by atoms with van der Waals surface area (Å²) in [5.74, 6) is -1.21. The van der Waals surface area contributed by atoms with Gasteiger partial charge < -0.3 is 5.32 Å². The quantitative estimate of drug-likeness (QED) is 0.341. The molecule has 0 aromatic heterocycles. The van der Waals surface area contributed by atoms with Crippen molar-refractivity contribution in [2.75, 3.05) is 23.1 Å². The van der Waals surface area contributed by atoms with E-state index in [1.54, 1.807) is 36.4 Å². The zero-order valence-corrected chi connectivity index (χ0v) is 23.8. The van der Waals surface area contributed by atoms with Gasteiger partial charge in [-0.05, 0) is 66.9 Å². The van der Waals surface area contributed by atoms with Gasteiger partial charge in [0.25, 0.3) is 10.0 Å². The molecule has 0 aliphatic carbocycles. The summed E-state index contributed by atoms with van der Waals surface area (Å²) in [6.07, 6.45) is 1.05. The third-order valence-electron chi connectivity index (χ3n) is 6.05. The first kappa shape index (κ1) is 28.7. The van der Waals surface area contributed by atoms with Crippen LogP contribution in [-0.4, -0.2) is 40.1 Å². The molecule has 1 aliphatic rings. The minimum Gasteiger partial charge on any atom is -0.326 e. The van der Waals surface area contributed by atoms with Crippen LogP contribution in [0.4, 0.5) is 11.4 Å². The Kier molecular flexibility index (Phi) is 8.91. The van der Waals surface area contributed by atoms with Crippen molar-refractivity contribution >= 4 is 72.1 Å². The number of amides is 1. The maximum Gasteiger partial charge on any atom is 0.261 e. The highest BCUT2D eigenvalue weighted by molar-refractivity contribution is 7.92. The maximum absolute atomic E-state index is 13.0. The standard InChI is InChI=1S/C25H24Cl3N3O5S2/c26-19-8-7-18(23(28)14-19)16-37(33,34)31-13-3-4-17(15-31)25(32)29-20-9-11-21(12-10-20)38(35,36)30-24-6-2-1-5-22(24)27/h1-2,5-12,14,17,30H,3-4,13,15-16H2,(H,29,32)/t17-/m0/s1. The van der Waals surface area contributed by atoms with Crippen LogP contribution in [-0.2, 0) is 30.6 Å². The van der Waals surface area contributed by atoms with Crippen molar-refractivity contribution in [3.8, 4) is 0 Å². The van der Waals surface area contributed by atoms with Gasteiger partial charge in [-0.25, -0.2) is 21.1 Å². The second-order valence-corrected chi connectivity index (χ2v) is 13.7. The maximum atomic E-state index is 13.0. The normalized spacial score (nSPS) is 16.7. The number of para-hydroxylation sites is 1. The van der Waals surface area contributed by atoms with Crippen LogP contribution in [0.5, 0.6) is 0 Å². The third-order valence-corrected chi connectivity index (χ3v) is 10.1. The van der Waals surface area contributed by atoms with E-state index < -0.39 is 26.0 Å². The molecule has 1 fully saturated rings. The van der Waals surface area contributed by atoms with Crippen molar-refractivity contribution in [3.63, 3.8) is 0 Å². The van der Waals surface area contributed by atoms with E-state index >= 15 is 0 Å². The molecule has 3 aromatic rings. The Morgan fingerprint density at radius 3 is 2.32 bits per heavy atom. The average molecular weight is 617 g/mol. The molecule has 13 heteroatoms. The molecular formula is C25H24Cl3N3O5S2. The van der Waals surface area contributed by atoms with E-state index in [1.165, 1.54) is 34.6 Å². The molecule has 202 valence electrons. The number of carbonyl (C=O) groups is 1. The topological polar surface area (TPSA) is 113 Å². The van der Waals surface area contributed by atoms with Crippen LogP contribution >= 0.6 is 34.8 Å². The number of piperidine rings is 1. The van der Waals surface area contributed by atoms with Gasteiger partial charge in [0, 0.05) is 28.8 Å². The zero-order valence-electron chi connectivity index (χ0n) is 19.9. The SMILES string of the molecule is O=C(Nc1ccc(S(=O)(=O)Nc2ccccc2Cl)cc1)[C@H]1CCCN(S(=O)(=O)Cc2ccc(Cl)cc2Cl)C1. The number of carbonyl (C=O) groups excluding carboxylic acids is 1. The largest absolute Gasteiger partial charge is 0.326 e. The van der Waals surface area contributed by atoms with Crippen molar-refractivity contribution in [3.05, 3.63) is 87.4 Å². The van der Waals surface area contributed by atoms with Gasteiger partial charge in [0.05, 0.1) is 27.3 Å². The van der Waals surface area contributed by atoms with Gasteiger partial charge in [-0.15, -0.1) is 0 Å². The fraction of sp³-hybridized carbons (Fsp3) is 0.240. The monoisotopic (exact) mass is 615 g/mol. The van der Waals surface area contributed by atoms with Crippen LogP contribution in [0.1, 0.15) is 18.4 Å². The number of anilines is 2. The lowest BCUT2D eigenvalue weighted by molar-refractivity contribution is -0.120. The summed E-state index contributed by atoms with van der Waals surface area (Å²) in [5, 5.41) is 3.69. The number of halogens is 3. The summed E-state index contributed by atoms with van der Waals surface area (Å²) in [4.78, 5) is 12.9. The summed E-state index contributed by atoms with van der Waals surface area (Å²) in [7, 11) is -7.61. The Balaban J connectivity index is 1.39. The second-order valence-electron chi connectivity index (χ2n) is 8.79. The summed E-state index contributed by atoms with van der Waals surface area (Å²) < 4.78 is 55.2. The van der Waals surface area contributed by atoms with Gasteiger partial charge in [0.2, 0.25) is 15.9 Å². The number of hydrogen-bond donors (Lipinski definition) is 2. The van der Waals surface area contributed by atoms with E-state index in [4.69, 9.17) is 34.8 Å². The molecule has 4 rings (SSSR count). The Bertz CT molecular complexity index is 1550. The molecule has 0 bridgehead atoms. The molecule has 0 saturated carbocycles. The molecule has 1 amide bonds. The highest BCUT2D eigenvalue weighted by Crippen LogP contribution is 2.28. The van der Waals surface area contributed by atoms with Gasteiger partial charge >= 0.3 is 0 Å². The number of benzene rings is 3. The van der Waals surface area contributed by atoms with Gasteiger partial charge in [0.15, 0.2) is 0 Å². The lowest BCUT2D eigenvalue weighted by Crippen LogP contribution is -2.44. The molecule has 1 saturated heterocycles. The van der Waals surface area contributed by atoms with Crippen LogP contribution in [0.25, 0.3) is 0 Å². The molecule has 1 atom stereocenters. The Labute approximate surface area is 237 Å². The molecule has 38 heavy (non-hydrogen) atoms. The van der Waals surface area contributed by atoms with E-state index in [9.17, 15) is 21.6 Å². The fourth-order valence-corrected chi connectivity index (χ4v) is 7.56. The minimum atomic E-state index is -3.89. The fourth-order valence-electron chi connectivity index (χ4n) is 4.05. The lowest BCUT2D eigenvalue weighted by Gasteiger charge is -2.31. The lowest BCUT2D eigenvalue weighted by atomic mass is 9.99. The molecule has 8 nitrogen and oxygen atoms in total. The molecule has 0 unspecified atom stereocenters. The highest BCUT2D eigenvalue weighted by Gasteiger charge is 2.33. The smallest absolute Gasteiger partial charge is 0.261 e. The summed E-state index contributed by atoms with van der Waals surface area (Å²) in [6.45, 7) is 0.343. The molecule has 0 radical (unpaired) electrons. The zero-order chi connectivity index (χ0) is 27.5. The summed E-state index contributed by atoms with van der Waals surface area (Å²) >= 11 is 18.1. The number of hydrogen-bond acceptors (Lipinski definition) is 5. The van der Waals surface area contributed by atoms with E-state index in [0.717, 1.165) is 0 Å². The van der Waals surface area contributed by atoms with Gasteiger partial charge in [-0.1, -0.05) is 53.0 Å². The molecule has 0 spiro atoms. The molecule has 3 aromatic carbocycles. The van der Waals surface area contributed by atoms with Crippen LogP contribution in [0.3, 0.4) is 0 Å². The molecular weight excluding hydrogens is 593 g/mol. The molecule has 1 heterocycles. The van der Waals surface area contributed by atoms with Crippen LogP contribution in [0.2, 0.25) is 15.1 Å². The Morgan fingerprint density at radius 2 is 1.63 bits per heavy atom. The Morgan fingerprint density at radius 1 is 0.921 bits per heavy atom. The average Bonchev–Trinajstić information content (AvgIpc) is 2.87. The third kappa shape index (κ3) is 6.99. The van der Waals surface area contributed by atoms with Gasteiger partial charge in [-0.2, -0.15) is 0 Å².